The number of rotatable bonds is 26. The smallest absolute Gasteiger partial charge is 0.179 e. The van der Waals surface area contributed by atoms with Gasteiger partial charge in [-0.1, -0.05) is 546 Å². The van der Waals surface area contributed by atoms with E-state index >= 15 is 0 Å². The quantitative estimate of drug-likeness (QED) is 0.0303. The second-order valence-corrected chi connectivity index (χ2v) is 52.7. The van der Waals surface area contributed by atoms with Gasteiger partial charge in [0.1, 0.15) is 0 Å². The van der Waals surface area contributed by atoms with Crippen molar-refractivity contribution in [1.29, 1.82) is 0 Å². The lowest BCUT2D eigenvalue weighted by Crippen LogP contribution is -2.74. The van der Waals surface area contributed by atoms with Crippen molar-refractivity contribution < 1.29 is 0 Å². The van der Waals surface area contributed by atoms with E-state index in [1.807, 2.05) is 0 Å². The molecule has 0 aliphatic rings. The van der Waals surface area contributed by atoms with Crippen LogP contribution in [0, 0.1) is 0 Å². The second kappa shape index (κ2) is 39.3. The fourth-order valence-corrected chi connectivity index (χ4v) is 42.6. The molecule has 0 saturated carbocycles. The minimum absolute atomic E-state index is 1.04. The lowest BCUT2D eigenvalue weighted by molar-refractivity contribution is 1.29. The molecule has 0 bridgehead atoms. The van der Waals surface area contributed by atoms with Gasteiger partial charge in [-0.15, -0.1) is 0 Å². The molecular weight excluding hydrogens is 1800 g/mol. The van der Waals surface area contributed by atoms with Gasteiger partial charge in [0.05, 0.1) is 11.4 Å². The van der Waals surface area contributed by atoms with E-state index < -0.39 is 32.3 Å². The van der Waals surface area contributed by atoms with Crippen molar-refractivity contribution in [2.75, 3.05) is 9.80 Å². The molecule has 0 radical (unpaired) electrons. The summed E-state index contributed by atoms with van der Waals surface area (Å²) in [4.78, 5) is 5.04. The van der Waals surface area contributed by atoms with Crippen LogP contribution in [-0.2, 0) is 0 Å². The van der Waals surface area contributed by atoms with Crippen LogP contribution in [0.5, 0.6) is 0 Å². The molecule has 0 heterocycles. The number of fused-ring (bicyclic) bond motifs is 5. The van der Waals surface area contributed by atoms with Gasteiger partial charge in [0.2, 0.25) is 0 Å². The first-order valence-electron chi connectivity index (χ1n) is 49.9. The number of nitrogens with zero attached hydrogens (tertiary/aromatic N) is 2. The Bertz CT molecular complexity index is 7710. The summed E-state index contributed by atoms with van der Waals surface area (Å²) in [5.74, 6) is 0. The standard InChI is InChI=1S/C138H102N2Si4/c1-13-49-111(50-14-1)141(112-51-15-2-16-52-112,113-53-17-3-18-54-113)123-95-87-103(88-96-123)127-75-41-43-81-137(127)139(109-47-45-73-125(99-109)143(117-61-25-7-26-62-117,118-63-27-8-28-64-118)119-65-29-9-30-66-119)107-91-83-105(84-92-107)133-101-135-132-80-40-38-78-130(132)134(102-136(135)131-79-39-37-77-129(131)133)106-85-93-108(94-86-106)140(110-48-46-74-126(100-110)144(120-67-31-10-32-68-120,121-69-33-11-34-70-121)122-71-35-12-36-72-122)138-82-44-42-76-128(138)104-89-97-124(98-90-104)142(114-55-19-4-20-56-114,115-57-21-5-22-58-115)116-59-23-6-24-60-116/h1-102H. The van der Waals surface area contributed by atoms with Crippen LogP contribution in [0.25, 0.3) is 76.8 Å². The van der Waals surface area contributed by atoms with Crippen LogP contribution < -0.4 is 92.8 Å². The predicted octanol–water partition coefficient (Wildman–Crippen LogP) is 24.3. The molecule has 0 atom stereocenters. The van der Waals surface area contributed by atoms with Crippen LogP contribution in [0.2, 0.25) is 0 Å². The van der Waals surface area contributed by atoms with E-state index in [9.17, 15) is 0 Å². The van der Waals surface area contributed by atoms with Crippen LogP contribution in [0.15, 0.2) is 619 Å². The summed E-state index contributed by atoms with van der Waals surface area (Å²) in [5.41, 5.74) is 15.5. The summed E-state index contributed by atoms with van der Waals surface area (Å²) in [6.45, 7) is 0. The zero-order chi connectivity index (χ0) is 96.1. The van der Waals surface area contributed by atoms with Crippen molar-refractivity contribution in [1.82, 2.24) is 0 Å². The van der Waals surface area contributed by atoms with Crippen molar-refractivity contribution in [3.8, 4) is 44.5 Å². The first-order valence-corrected chi connectivity index (χ1v) is 57.9. The minimum Gasteiger partial charge on any atom is -0.310 e. The van der Waals surface area contributed by atoms with Gasteiger partial charge in [0.15, 0.2) is 32.3 Å². The number of benzene rings is 24. The highest BCUT2D eigenvalue weighted by molar-refractivity contribution is 7.22. The molecular formula is C138H102N2Si4. The fraction of sp³-hybridized carbons (Fsp3) is 0. The molecule has 0 N–H and O–H groups in total. The largest absolute Gasteiger partial charge is 0.310 e. The van der Waals surface area contributed by atoms with Crippen molar-refractivity contribution in [2.45, 2.75) is 0 Å². The molecule has 24 rings (SSSR count). The molecule has 24 aromatic carbocycles. The Morgan fingerprint density at radius 1 is 0.104 bits per heavy atom. The third-order valence-electron chi connectivity index (χ3n) is 29.9. The van der Waals surface area contributed by atoms with Crippen LogP contribution in [0.3, 0.4) is 0 Å². The average molecular weight is 1900 g/mol. The van der Waals surface area contributed by atoms with E-state index in [0.29, 0.717) is 0 Å². The number of para-hydroxylation sites is 2. The molecule has 0 aromatic heterocycles. The monoisotopic (exact) mass is 1900 g/mol. The zero-order valence-corrected chi connectivity index (χ0v) is 83.8. The molecule has 0 spiro atoms. The van der Waals surface area contributed by atoms with Crippen molar-refractivity contribution in [3.63, 3.8) is 0 Å². The molecule has 0 saturated heterocycles. The molecule has 0 unspecified atom stereocenters. The summed E-state index contributed by atoms with van der Waals surface area (Å²) >= 11 is 0. The number of hydrogen-bond donors (Lipinski definition) is 0. The summed E-state index contributed by atoms with van der Waals surface area (Å²) in [6, 6.07) is 234. The van der Waals surface area contributed by atoms with Gasteiger partial charge < -0.3 is 9.80 Å². The minimum atomic E-state index is -3.03. The van der Waals surface area contributed by atoms with Gasteiger partial charge in [-0.05, 0) is 221 Å². The molecule has 0 amide bonds. The van der Waals surface area contributed by atoms with E-state index in [4.69, 9.17) is 0 Å². The van der Waals surface area contributed by atoms with E-state index in [-0.39, 0.29) is 0 Å². The summed E-state index contributed by atoms with van der Waals surface area (Å²) in [5, 5.41) is 28.4. The van der Waals surface area contributed by atoms with Crippen LogP contribution in [-0.4, -0.2) is 32.3 Å². The SMILES string of the molecule is c1ccc([Si](c2ccccc2)(c2ccccc2)c2ccc(-c3ccccc3N(c3ccc(-c4cc5c6ccccc6c(-c6ccc(N(c7cccc([Si](c8ccccc8)(c8ccccc8)c8ccccc8)c7)c7ccccc7-c7ccc([Si](c8ccccc8)(c8ccccc8)c8ccccc8)cc7)cc6)cc5c5ccccc45)cc3)c3cccc([Si](c4ccccc4)(c4ccccc4)c4ccccc4)c3)cc2)cc1. The highest BCUT2D eigenvalue weighted by Crippen LogP contribution is 2.47. The molecule has 0 aliphatic heterocycles. The van der Waals surface area contributed by atoms with E-state index in [1.165, 1.54) is 126 Å². The molecule has 680 valence electrons. The zero-order valence-electron chi connectivity index (χ0n) is 79.8. The Hall–Kier alpha value is -17.5. The molecule has 2 nitrogen and oxygen atoms in total. The number of anilines is 6. The molecule has 6 heteroatoms. The van der Waals surface area contributed by atoms with Crippen molar-refractivity contribution >= 4 is 182 Å². The summed E-state index contributed by atoms with van der Waals surface area (Å²) in [6.07, 6.45) is 0. The maximum Gasteiger partial charge on any atom is 0.179 e. The van der Waals surface area contributed by atoms with E-state index in [0.717, 1.165) is 67.5 Å². The Kier molecular flexibility index (Phi) is 24.3. The predicted molar refractivity (Wildman–Crippen MR) is 625 cm³/mol. The fourth-order valence-electron chi connectivity index (χ4n) is 23.5. The second-order valence-electron chi connectivity index (χ2n) is 37.5. The number of hydrogen-bond acceptors (Lipinski definition) is 2. The normalized spacial score (nSPS) is 11.8. The molecule has 0 fully saturated rings. The van der Waals surface area contributed by atoms with Gasteiger partial charge in [0.25, 0.3) is 0 Å². The first-order chi connectivity index (χ1) is 71.4. The maximum absolute atomic E-state index is 3.03. The first kappa shape index (κ1) is 89.2. The maximum atomic E-state index is 2.52. The van der Waals surface area contributed by atoms with Crippen LogP contribution in [0.4, 0.5) is 34.1 Å². The lowest BCUT2D eigenvalue weighted by atomic mass is 9.87. The van der Waals surface area contributed by atoms with E-state index in [1.54, 1.807) is 0 Å². The van der Waals surface area contributed by atoms with Gasteiger partial charge >= 0.3 is 0 Å². The van der Waals surface area contributed by atoms with Crippen LogP contribution in [0.1, 0.15) is 0 Å². The van der Waals surface area contributed by atoms with E-state index in [2.05, 4.69) is 629 Å². The third kappa shape index (κ3) is 15.8. The summed E-state index contributed by atoms with van der Waals surface area (Å²) in [7, 11) is -11.8. The van der Waals surface area contributed by atoms with Gasteiger partial charge in [-0.3, -0.25) is 0 Å². The molecule has 144 heavy (non-hydrogen) atoms. The topological polar surface area (TPSA) is 6.48 Å². The highest BCUT2D eigenvalue weighted by atomic mass is 28.3. The average Bonchev–Trinajstić information content (AvgIpc) is 0.741. The molecule has 0 aliphatic carbocycles. The van der Waals surface area contributed by atoms with Gasteiger partial charge in [0, 0.05) is 33.9 Å². The van der Waals surface area contributed by atoms with Gasteiger partial charge in [-0.2, -0.15) is 0 Å². The van der Waals surface area contributed by atoms with Crippen molar-refractivity contribution in [3.05, 3.63) is 619 Å². The molecule has 24 aromatic rings. The Morgan fingerprint density at radius 2 is 0.285 bits per heavy atom. The van der Waals surface area contributed by atoms with Gasteiger partial charge in [-0.25, -0.2) is 0 Å². The highest BCUT2D eigenvalue weighted by Gasteiger charge is 2.46. The van der Waals surface area contributed by atoms with Crippen molar-refractivity contribution in [2.24, 2.45) is 0 Å². The third-order valence-corrected chi connectivity index (χ3v) is 49.0. The Labute approximate surface area is 848 Å². The van der Waals surface area contributed by atoms with Crippen LogP contribution >= 0.6 is 0 Å². The summed E-state index contributed by atoms with van der Waals surface area (Å²) < 4.78 is 0. The Morgan fingerprint density at radius 3 is 0.528 bits per heavy atom. The Balaban J connectivity index is 0.642. The lowest BCUT2D eigenvalue weighted by Gasteiger charge is -2.36.